The smallest absolute Gasteiger partial charge is 0.276 e. The third kappa shape index (κ3) is 4.17. The molecule has 1 aliphatic heterocycles. The summed E-state index contributed by atoms with van der Waals surface area (Å²) >= 11 is 0. The van der Waals surface area contributed by atoms with E-state index in [0.29, 0.717) is 18.3 Å². The SMILES string of the molecule is CC(C)C[C@@H](CF)NC1=N/C(=C\c2ccc3nccnc3c2)C(=O)N1. The summed E-state index contributed by atoms with van der Waals surface area (Å²) in [6, 6.07) is 5.16. The van der Waals surface area contributed by atoms with Crippen LogP contribution in [0, 0.1) is 5.92 Å². The predicted octanol–water partition coefficient (Wildman–Crippen LogP) is 2.43. The van der Waals surface area contributed by atoms with E-state index in [1.807, 2.05) is 32.0 Å². The minimum atomic E-state index is -0.518. The fraction of sp³-hybridized carbons (Fsp3) is 0.333. The Bertz CT molecular complexity index is 846. The number of halogens is 1. The lowest BCUT2D eigenvalue weighted by molar-refractivity contribution is -0.115. The highest BCUT2D eigenvalue weighted by atomic mass is 19.1. The molecule has 2 heterocycles. The van der Waals surface area contributed by atoms with Gasteiger partial charge in [0, 0.05) is 12.4 Å². The van der Waals surface area contributed by atoms with Gasteiger partial charge in [0.15, 0.2) is 0 Å². The second kappa shape index (κ2) is 7.38. The molecule has 2 aromatic rings. The number of benzene rings is 1. The molecule has 0 fully saturated rings. The van der Waals surface area contributed by atoms with Gasteiger partial charge >= 0.3 is 0 Å². The van der Waals surface area contributed by atoms with Gasteiger partial charge in [-0.05, 0) is 36.1 Å². The molecule has 0 spiro atoms. The highest BCUT2D eigenvalue weighted by molar-refractivity contribution is 6.13. The molecule has 1 aromatic heterocycles. The lowest BCUT2D eigenvalue weighted by Crippen LogP contribution is -2.44. The van der Waals surface area contributed by atoms with Gasteiger partial charge in [-0.3, -0.25) is 20.1 Å². The second-order valence-electron chi connectivity index (χ2n) is 6.37. The van der Waals surface area contributed by atoms with Crippen LogP contribution in [0.4, 0.5) is 4.39 Å². The third-order valence-electron chi connectivity index (χ3n) is 3.78. The van der Waals surface area contributed by atoms with E-state index in [9.17, 15) is 9.18 Å². The van der Waals surface area contributed by atoms with Crippen molar-refractivity contribution in [2.24, 2.45) is 10.9 Å². The summed E-state index contributed by atoms with van der Waals surface area (Å²) in [6.45, 7) is 3.52. The number of fused-ring (bicyclic) bond motifs is 1. The molecule has 0 aliphatic carbocycles. The number of rotatable bonds is 5. The van der Waals surface area contributed by atoms with E-state index < -0.39 is 6.67 Å². The van der Waals surface area contributed by atoms with E-state index >= 15 is 0 Å². The van der Waals surface area contributed by atoms with E-state index in [4.69, 9.17) is 0 Å². The molecule has 2 N–H and O–H groups in total. The number of nitrogens with one attached hydrogen (secondary N) is 2. The van der Waals surface area contributed by atoms with Crippen LogP contribution in [0.2, 0.25) is 0 Å². The molecule has 0 saturated heterocycles. The first-order chi connectivity index (χ1) is 12.0. The number of carbonyl (C=O) groups is 1. The summed E-state index contributed by atoms with van der Waals surface area (Å²) in [5, 5.41) is 5.59. The molecule has 25 heavy (non-hydrogen) atoms. The number of aromatic nitrogens is 2. The Morgan fingerprint density at radius 2 is 2.00 bits per heavy atom. The molecule has 1 amide bonds. The first kappa shape index (κ1) is 17.0. The Balaban J connectivity index is 1.79. The predicted molar refractivity (Wildman–Crippen MR) is 95.4 cm³/mol. The van der Waals surface area contributed by atoms with Crippen LogP contribution in [0.15, 0.2) is 41.3 Å². The number of nitrogens with zero attached hydrogens (tertiary/aromatic N) is 3. The molecule has 0 unspecified atom stereocenters. The number of carbonyl (C=O) groups excluding carboxylic acids is 1. The second-order valence-corrected chi connectivity index (χ2v) is 6.37. The van der Waals surface area contributed by atoms with Crippen molar-refractivity contribution in [3.8, 4) is 0 Å². The van der Waals surface area contributed by atoms with Crippen LogP contribution in [0.3, 0.4) is 0 Å². The van der Waals surface area contributed by atoms with Gasteiger partial charge in [-0.25, -0.2) is 9.38 Å². The van der Waals surface area contributed by atoms with Crippen LogP contribution in [0.5, 0.6) is 0 Å². The van der Waals surface area contributed by atoms with Crippen LogP contribution in [-0.2, 0) is 4.79 Å². The van der Waals surface area contributed by atoms with Crippen LogP contribution >= 0.6 is 0 Å². The first-order valence-electron chi connectivity index (χ1n) is 8.20. The summed E-state index contributed by atoms with van der Waals surface area (Å²) < 4.78 is 13.1. The summed E-state index contributed by atoms with van der Waals surface area (Å²) in [4.78, 5) is 24.8. The summed E-state index contributed by atoms with van der Waals surface area (Å²) in [5.41, 5.74) is 2.60. The molecular weight excluding hydrogens is 321 g/mol. The topological polar surface area (TPSA) is 79.3 Å². The van der Waals surface area contributed by atoms with Gasteiger partial charge in [-0.2, -0.15) is 0 Å². The Labute approximate surface area is 145 Å². The van der Waals surface area contributed by atoms with Crippen LogP contribution in [0.1, 0.15) is 25.8 Å². The van der Waals surface area contributed by atoms with Crippen LogP contribution < -0.4 is 10.6 Å². The molecule has 6 nitrogen and oxygen atoms in total. The molecule has 0 bridgehead atoms. The van der Waals surface area contributed by atoms with Crippen molar-refractivity contribution in [2.45, 2.75) is 26.3 Å². The number of guanidine groups is 1. The Morgan fingerprint density at radius 3 is 2.72 bits per heavy atom. The van der Waals surface area contributed by atoms with E-state index in [1.54, 1.807) is 18.5 Å². The molecule has 0 radical (unpaired) electrons. The lowest BCUT2D eigenvalue weighted by atomic mass is 10.1. The fourth-order valence-electron chi connectivity index (χ4n) is 2.69. The highest BCUT2D eigenvalue weighted by Crippen LogP contribution is 2.16. The van der Waals surface area contributed by atoms with Gasteiger partial charge in [0.1, 0.15) is 12.4 Å². The quantitative estimate of drug-likeness (QED) is 0.819. The molecule has 7 heteroatoms. The number of aliphatic imine (C=N–C) groups is 1. The Hall–Kier alpha value is -2.83. The van der Waals surface area contributed by atoms with Gasteiger partial charge in [-0.15, -0.1) is 0 Å². The fourth-order valence-corrected chi connectivity index (χ4v) is 2.69. The number of alkyl halides is 1. The van der Waals surface area contributed by atoms with E-state index in [0.717, 1.165) is 16.6 Å². The normalized spacial score (nSPS) is 17.0. The highest BCUT2D eigenvalue weighted by Gasteiger charge is 2.22. The lowest BCUT2D eigenvalue weighted by Gasteiger charge is -2.17. The third-order valence-corrected chi connectivity index (χ3v) is 3.78. The molecular formula is C18H20FN5O. The van der Waals surface area contributed by atoms with Crippen LogP contribution in [-0.4, -0.2) is 34.6 Å². The summed E-state index contributed by atoms with van der Waals surface area (Å²) in [6.07, 6.45) is 5.58. The van der Waals surface area contributed by atoms with Gasteiger partial charge in [-0.1, -0.05) is 19.9 Å². The summed E-state index contributed by atoms with van der Waals surface area (Å²) in [7, 11) is 0. The van der Waals surface area contributed by atoms with E-state index in [-0.39, 0.29) is 17.6 Å². The summed E-state index contributed by atoms with van der Waals surface area (Å²) in [5.74, 6) is 0.323. The zero-order valence-corrected chi connectivity index (χ0v) is 14.2. The Kier molecular flexibility index (Phi) is 5.02. The maximum absolute atomic E-state index is 13.1. The average Bonchev–Trinajstić information content (AvgIpc) is 2.93. The van der Waals surface area contributed by atoms with E-state index in [1.165, 1.54) is 0 Å². The maximum Gasteiger partial charge on any atom is 0.276 e. The van der Waals surface area contributed by atoms with Crippen molar-refractivity contribution in [2.75, 3.05) is 6.67 Å². The molecule has 1 aromatic carbocycles. The average molecular weight is 341 g/mol. The van der Waals surface area contributed by atoms with Crippen molar-refractivity contribution in [3.63, 3.8) is 0 Å². The molecule has 130 valence electrons. The molecule has 0 saturated carbocycles. The minimum Gasteiger partial charge on any atom is -0.350 e. The molecule has 3 rings (SSSR count). The number of amides is 1. The first-order valence-corrected chi connectivity index (χ1v) is 8.20. The zero-order chi connectivity index (χ0) is 17.8. The minimum absolute atomic E-state index is 0.271. The standard InChI is InChI=1S/C18H20FN5O/c1-11(2)7-13(10-19)22-18-23-16(17(25)24-18)9-12-3-4-14-15(8-12)21-6-5-20-14/h3-6,8-9,11,13H,7,10H2,1-2H3,(H2,22,23,24,25)/b16-9-/t13-/m0/s1. The van der Waals surface area contributed by atoms with Gasteiger partial charge in [0.2, 0.25) is 5.96 Å². The molecule has 1 aliphatic rings. The maximum atomic E-state index is 13.1. The van der Waals surface area contributed by atoms with Crippen molar-refractivity contribution in [1.82, 2.24) is 20.6 Å². The van der Waals surface area contributed by atoms with Gasteiger partial charge in [0.05, 0.1) is 17.1 Å². The number of hydrogen-bond acceptors (Lipinski definition) is 5. The van der Waals surface area contributed by atoms with Crippen molar-refractivity contribution in [1.29, 1.82) is 0 Å². The largest absolute Gasteiger partial charge is 0.350 e. The van der Waals surface area contributed by atoms with E-state index in [2.05, 4.69) is 25.6 Å². The van der Waals surface area contributed by atoms with Crippen molar-refractivity contribution < 1.29 is 9.18 Å². The number of hydrogen-bond donors (Lipinski definition) is 2. The Morgan fingerprint density at radius 1 is 1.24 bits per heavy atom. The van der Waals surface area contributed by atoms with Crippen molar-refractivity contribution >= 4 is 29.0 Å². The van der Waals surface area contributed by atoms with Gasteiger partial charge < -0.3 is 5.32 Å². The van der Waals surface area contributed by atoms with Crippen LogP contribution in [0.25, 0.3) is 17.1 Å². The molecule has 1 atom stereocenters. The monoisotopic (exact) mass is 341 g/mol. The zero-order valence-electron chi connectivity index (χ0n) is 14.2. The van der Waals surface area contributed by atoms with Crippen molar-refractivity contribution in [3.05, 3.63) is 41.9 Å². The van der Waals surface area contributed by atoms with Gasteiger partial charge in [0.25, 0.3) is 5.91 Å².